The maximum atomic E-state index is 11.2. The Morgan fingerprint density at radius 3 is 2.72 bits per heavy atom. The second-order valence-corrected chi connectivity index (χ2v) is 4.55. The third-order valence-corrected chi connectivity index (χ3v) is 2.98. The van der Waals surface area contributed by atoms with Gasteiger partial charge in [0.25, 0.3) is 0 Å². The monoisotopic (exact) mass is 254 g/mol. The average Bonchev–Trinajstić information content (AvgIpc) is 2.76. The second kappa shape index (κ2) is 7.79. The summed E-state index contributed by atoms with van der Waals surface area (Å²) in [5, 5.41) is 20.6. The molecule has 0 spiro atoms. The topological polar surface area (TPSA) is 80.9 Å². The van der Waals surface area contributed by atoms with Crippen molar-refractivity contribution in [2.75, 3.05) is 0 Å². The fourth-order valence-corrected chi connectivity index (χ4v) is 1.93. The van der Waals surface area contributed by atoms with E-state index < -0.39 is 5.97 Å². The van der Waals surface area contributed by atoms with Gasteiger partial charge < -0.3 is 5.11 Å². The smallest absolute Gasteiger partial charge is 0.306 e. The summed E-state index contributed by atoms with van der Waals surface area (Å²) in [7, 11) is 0. The Balaban J connectivity index is 2.59. The number of aromatic nitrogens is 4. The first-order valence-electron chi connectivity index (χ1n) is 6.66. The van der Waals surface area contributed by atoms with Gasteiger partial charge in [-0.25, -0.2) is 4.68 Å². The normalized spacial score (nSPS) is 12.6. The van der Waals surface area contributed by atoms with Gasteiger partial charge in [0, 0.05) is 13.0 Å². The molecule has 1 atom stereocenters. The number of carboxylic acid groups (broad SMARTS) is 1. The molecular formula is C12H22N4O2. The van der Waals surface area contributed by atoms with E-state index in [1.54, 1.807) is 4.68 Å². The number of hydrogen-bond acceptors (Lipinski definition) is 4. The van der Waals surface area contributed by atoms with Crippen LogP contribution in [0, 0.1) is 5.92 Å². The maximum Gasteiger partial charge on any atom is 0.306 e. The summed E-state index contributed by atoms with van der Waals surface area (Å²) in [5.41, 5.74) is 0. The molecule has 1 aromatic heterocycles. The van der Waals surface area contributed by atoms with Gasteiger partial charge in [-0.2, -0.15) is 0 Å². The maximum absolute atomic E-state index is 11.2. The number of nitrogens with zero attached hydrogens (tertiary/aromatic N) is 4. The molecule has 1 aromatic rings. The lowest BCUT2D eigenvalue weighted by molar-refractivity contribution is -0.142. The highest BCUT2D eigenvalue weighted by atomic mass is 16.4. The summed E-state index contributed by atoms with van der Waals surface area (Å²) in [6.07, 6.45) is 5.17. The minimum atomic E-state index is -0.753. The summed E-state index contributed by atoms with van der Waals surface area (Å²) in [6, 6.07) is 0. The Hall–Kier alpha value is -1.46. The number of carbonyl (C=O) groups is 1. The van der Waals surface area contributed by atoms with E-state index >= 15 is 0 Å². The molecule has 0 fully saturated rings. The number of hydrogen-bond donors (Lipinski definition) is 1. The number of carboxylic acids is 1. The van der Waals surface area contributed by atoms with Crippen LogP contribution in [0.3, 0.4) is 0 Å². The second-order valence-electron chi connectivity index (χ2n) is 4.55. The molecule has 0 bridgehead atoms. The van der Waals surface area contributed by atoms with Crippen LogP contribution in [0.1, 0.15) is 51.8 Å². The number of aryl methyl sites for hydroxylation is 1. The third-order valence-electron chi connectivity index (χ3n) is 2.98. The molecule has 18 heavy (non-hydrogen) atoms. The van der Waals surface area contributed by atoms with Gasteiger partial charge in [-0.05, 0) is 23.3 Å². The van der Waals surface area contributed by atoms with E-state index in [1.807, 2.05) is 6.92 Å². The predicted molar refractivity (Wildman–Crippen MR) is 67.1 cm³/mol. The summed E-state index contributed by atoms with van der Waals surface area (Å²) in [6.45, 7) is 4.89. The van der Waals surface area contributed by atoms with Crippen molar-refractivity contribution in [2.24, 2.45) is 5.92 Å². The van der Waals surface area contributed by atoms with Gasteiger partial charge in [-0.3, -0.25) is 4.79 Å². The lowest BCUT2D eigenvalue weighted by atomic mass is 9.97. The van der Waals surface area contributed by atoms with Crippen LogP contribution in [0.4, 0.5) is 0 Å². The Labute approximate surface area is 107 Å². The van der Waals surface area contributed by atoms with E-state index in [0.717, 1.165) is 32.2 Å². The molecule has 1 unspecified atom stereocenters. The molecule has 0 aliphatic carbocycles. The van der Waals surface area contributed by atoms with Gasteiger partial charge in [0.2, 0.25) is 0 Å². The number of tetrazole rings is 1. The van der Waals surface area contributed by atoms with Crippen molar-refractivity contribution in [2.45, 2.75) is 58.9 Å². The van der Waals surface area contributed by atoms with E-state index in [4.69, 9.17) is 0 Å². The molecule has 1 heterocycles. The zero-order valence-corrected chi connectivity index (χ0v) is 11.2. The number of unbranched alkanes of at least 4 members (excludes halogenated alkanes) is 2. The largest absolute Gasteiger partial charge is 0.481 e. The van der Waals surface area contributed by atoms with Crippen molar-refractivity contribution in [1.82, 2.24) is 20.2 Å². The molecule has 0 saturated carbocycles. The zero-order valence-electron chi connectivity index (χ0n) is 11.2. The molecule has 1 N–H and O–H groups in total. The molecule has 0 amide bonds. The van der Waals surface area contributed by atoms with Crippen molar-refractivity contribution in [3.05, 3.63) is 5.82 Å². The SMILES string of the molecule is CCCCCC(Cc1nnnn1CCC)C(=O)O. The molecule has 0 aromatic carbocycles. The lowest BCUT2D eigenvalue weighted by Crippen LogP contribution is -2.19. The van der Waals surface area contributed by atoms with Crippen LogP contribution in [0.15, 0.2) is 0 Å². The zero-order chi connectivity index (χ0) is 13.4. The van der Waals surface area contributed by atoms with Crippen LogP contribution in [0.25, 0.3) is 0 Å². The van der Waals surface area contributed by atoms with Gasteiger partial charge >= 0.3 is 5.97 Å². The minimum absolute atomic E-state index is 0.377. The van der Waals surface area contributed by atoms with Crippen molar-refractivity contribution in [3.63, 3.8) is 0 Å². The quantitative estimate of drug-likeness (QED) is 0.681. The van der Waals surface area contributed by atoms with Crippen LogP contribution in [0.2, 0.25) is 0 Å². The van der Waals surface area contributed by atoms with E-state index in [2.05, 4.69) is 22.4 Å². The standard InChI is InChI=1S/C12H22N4O2/c1-3-5-6-7-10(12(17)18)9-11-13-14-15-16(11)8-4-2/h10H,3-9H2,1-2H3,(H,17,18). The van der Waals surface area contributed by atoms with Gasteiger partial charge in [0.05, 0.1) is 5.92 Å². The molecule has 6 heteroatoms. The average molecular weight is 254 g/mol. The predicted octanol–water partition coefficient (Wildman–Crippen LogP) is 1.91. The number of aliphatic carboxylic acids is 1. The van der Waals surface area contributed by atoms with Crippen LogP contribution >= 0.6 is 0 Å². The lowest BCUT2D eigenvalue weighted by Gasteiger charge is -2.11. The highest BCUT2D eigenvalue weighted by Crippen LogP contribution is 2.15. The van der Waals surface area contributed by atoms with Crippen molar-refractivity contribution < 1.29 is 9.90 Å². The van der Waals surface area contributed by atoms with Crippen LogP contribution in [-0.2, 0) is 17.8 Å². The fraction of sp³-hybridized carbons (Fsp3) is 0.833. The summed E-state index contributed by atoms with van der Waals surface area (Å²) in [5.74, 6) is -0.448. The van der Waals surface area contributed by atoms with E-state index in [9.17, 15) is 9.90 Å². The Morgan fingerprint density at radius 1 is 1.33 bits per heavy atom. The third kappa shape index (κ3) is 4.43. The first kappa shape index (κ1) is 14.6. The molecule has 0 radical (unpaired) electrons. The Kier molecular flexibility index (Phi) is 6.32. The Morgan fingerprint density at radius 2 is 2.11 bits per heavy atom. The first-order valence-corrected chi connectivity index (χ1v) is 6.66. The van der Waals surface area contributed by atoms with E-state index in [-0.39, 0.29) is 5.92 Å². The van der Waals surface area contributed by atoms with Crippen LogP contribution in [-0.4, -0.2) is 31.3 Å². The fourth-order valence-electron chi connectivity index (χ4n) is 1.93. The van der Waals surface area contributed by atoms with E-state index in [1.165, 1.54) is 0 Å². The van der Waals surface area contributed by atoms with Gasteiger partial charge in [0.15, 0.2) is 5.82 Å². The van der Waals surface area contributed by atoms with Gasteiger partial charge in [-0.1, -0.05) is 33.1 Å². The van der Waals surface area contributed by atoms with Gasteiger partial charge in [0.1, 0.15) is 0 Å². The molecule has 1 rings (SSSR count). The molecule has 0 saturated heterocycles. The highest BCUT2D eigenvalue weighted by Gasteiger charge is 2.20. The minimum Gasteiger partial charge on any atom is -0.481 e. The Bertz CT molecular complexity index is 365. The van der Waals surface area contributed by atoms with Crippen molar-refractivity contribution >= 4 is 5.97 Å². The van der Waals surface area contributed by atoms with Crippen LogP contribution < -0.4 is 0 Å². The van der Waals surface area contributed by atoms with Crippen molar-refractivity contribution in [3.8, 4) is 0 Å². The molecule has 6 nitrogen and oxygen atoms in total. The van der Waals surface area contributed by atoms with Gasteiger partial charge in [-0.15, -0.1) is 5.10 Å². The summed E-state index contributed by atoms with van der Waals surface area (Å²) >= 11 is 0. The highest BCUT2D eigenvalue weighted by molar-refractivity contribution is 5.70. The summed E-state index contributed by atoms with van der Waals surface area (Å²) in [4.78, 5) is 11.2. The van der Waals surface area contributed by atoms with E-state index in [0.29, 0.717) is 18.7 Å². The first-order chi connectivity index (χ1) is 8.69. The molecule has 0 aliphatic rings. The number of rotatable bonds is 9. The summed E-state index contributed by atoms with van der Waals surface area (Å²) < 4.78 is 1.70. The molecule has 102 valence electrons. The molecular weight excluding hydrogens is 232 g/mol. The molecule has 0 aliphatic heterocycles. The van der Waals surface area contributed by atoms with Crippen LogP contribution in [0.5, 0.6) is 0 Å². The van der Waals surface area contributed by atoms with Crippen molar-refractivity contribution in [1.29, 1.82) is 0 Å².